The first kappa shape index (κ1) is 13.4. The summed E-state index contributed by atoms with van der Waals surface area (Å²) in [6.07, 6.45) is 0. The minimum absolute atomic E-state index is 0.276. The molecule has 6 heteroatoms. The van der Waals surface area contributed by atoms with E-state index in [1.165, 1.54) is 0 Å². The van der Waals surface area contributed by atoms with Gasteiger partial charge in [-0.2, -0.15) is 5.10 Å². The molecule has 2 aromatic rings. The second-order valence-corrected chi connectivity index (χ2v) is 4.67. The second kappa shape index (κ2) is 5.75. The van der Waals surface area contributed by atoms with Gasteiger partial charge in [0.15, 0.2) is 0 Å². The quantitative estimate of drug-likeness (QED) is 0.808. The van der Waals surface area contributed by atoms with Crippen molar-refractivity contribution in [2.24, 2.45) is 0 Å². The summed E-state index contributed by atoms with van der Waals surface area (Å²) in [6, 6.07) is 6.72. The molecule has 0 aliphatic carbocycles. The molecule has 0 unspecified atom stereocenters. The zero-order valence-electron chi connectivity index (χ0n) is 10.7. The van der Waals surface area contributed by atoms with Crippen molar-refractivity contribution >= 4 is 23.3 Å². The Kier molecular flexibility index (Phi) is 4.06. The first-order valence-corrected chi connectivity index (χ1v) is 6.25. The highest BCUT2D eigenvalue weighted by Crippen LogP contribution is 2.14. The van der Waals surface area contributed by atoms with Gasteiger partial charge in [-0.1, -0.05) is 17.7 Å². The van der Waals surface area contributed by atoms with Crippen molar-refractivity contribution in [3.05, 3.63) is 46.2 Å². The first-order valence-electron chi connectivity index (χ1n) is 5.87. The second-order valence-electron chi connectivity index (χ2n) is 4.23. The van der Waals surface area contributed by atoms with Crippen molar-refractivity contribution in [2.45, 2.75) is 20.4 Å². The summed E-state index contributed by atoms with van der Waals surface area (Å²) in [7, 11) is 0. The predicted octanol–water partition coefficient (Wildman–Crippen LogP) is 3.00. The van der Waals surface area contributed by atoms with Gasteiger partial charge in [-0.3, -0.25) is 5.10 Å². The molecule has 100 valence electrons. The molecule has 1 aromatic heterocycles. The number of carbonyl (C=O) groups is 1. The van der Waals surface area contributed by atoms with Gasteiger partial charge >= 0.3 is 6.03 Å². The van der Waals surface area contributed by atoms with Crippen LogP contribution in [-0.4, -0.2) is 16.2 Å². The molecule has 1 aromatic carbocycles. The van der Waals surface area contributed by atoms with E-state index in [0.29, 0.717) is 17.3 Å². The van der Waals surface area contributed by atoms with Gasteiger partial charge in [0, 0.05) is 28.5 Å². The van der Waals surface area contributed by atoms with Crippen molar-refractivity contribution in [1.29, 1.82) is 0 Å². The van der Waals surface area contributed by atoms with Crippen molar-refractivity contribution < 1.29 is 4.79 Å². The Morgan fingerprint density at radius 1 is 1.42 bits per heavy atom. The highest BCUT2D eigenvalue weighted by molar-refractivity contribution is 6.30. The smallest absolute Gasteiger partial charge is 0.319 e. The van der Waals surface area contributed by atoms with Gasteiger partial charge in [0.1, 0.15) is 0 Å². The van der Waals surface area contributed by atoms with E-state index in [1.54, 1.807) is 24.3 Å². The number of hydrogen-bond donors (Lipinski definition) is 3. The Bertz CT molecular complexity index is 575. The molecule has 2 amide bonds. The van der Waals surface area contributed by atoms with Crippen LogP contribution in [0, 0.1) is 13.8 Å². The molecular formula is C13H15ClN4O. The zero-order valence-corrected chi connectivity index (χ0v) is 11.5. The van der Waals surface area contributed by atoms with Crippen LogP contribution in [0.1, 0.15) is 17.0 Å². The molecule has 0 aliphatic rings. The standard InChI is InChI=1S/C13H15ClN4O/c1-8-12(9(2)18-17-8)7-15-13(19)16-11-5-3-4-10(14)6-11/h3-6H,7H2,1-2H3,(H,17,18)(H2,15,16,19). The topological polar surface area (TPSA) is 69.8 Å². The van der Waals surface area contributed by atoms with Crippen LogP contribution < -0.4 is 10.6 Å². The van der Waals surface area contributed by atoms with Crippen molar-refractivity contribution in [2.75, 3.05) is 5.32 Å². The largest absolute Gasteiger partial charge is 0.334 e. The average Bonchev–Trinajstić information content (AvgIpc) is 2.67. The molecule has 0 atom stereocenters. The molecule has 0 saturated heterocycles. The number of nitrogens with one attached hydrogen (secondary N) is 3. The maximum Gasteiger partial charge on any atom is 0.319 e. The normalized spacial score (nSPS) is 10.3. The highest BCUT2D eigenvalue weighted by atomic mass is 35.5. The van der Waals surface area contributed by atoms with Crippen molar-refractivity contribution in [3.63, 3.8) is 0 Å². The van der Waals surface area contributed by atoms with Crippen LogP contribution in [-0.2, 0) is 6.54 Å². The van der Waals surface area contributed by atoms with E-state index in [1.807, 2.05) is 13.8 Å². The summed E-state index contributed by atoms with van der Waals surface area (Å²) in [4.78, 5) is 11.7. The van der Waals surface area contributed by atoms with Crippen LogP contribution in [0.15, 0.2) is 24.3 Å². The van der Waals surface area contributed by atoms with Crippen LogP contribution in [0.3, 0.4) is 0 Å². The van der Waals surface area contributed by atoms with E-state index < -0.39 is 0 Å². The lowest BCUT2D eigenvalue weighted by Gasteiger charge is -2.08. The predicted molar refractivity (Wildman–Crippen MR) is 75.4 cm³/mol. The van der Waals surface area contributed by atoms with Crippen LogP contribution in [0.2, 0.25) is 5.02 Å². The lowest BCUT2D eigenvalue weighted by atomic mass is 10.2. The van der Waals surface area contributed by atoms with Crippen LogP contribution >= 0.6 is 11.6 Å². The number of aromatic nitrogens is 2. The first-order chi connectivity index (χ1) is 9.06. The van der Waals surface area contributed by atoms with Gasteiger partial charge in [-0.25, -0.2) is 4.79 Å². The van der Waals surface area contributed by atoms with E-state index in [2.05, 4.69) is 20.8 Å². The molecule has 0 spiro atoms. The van der Waals surface area contributed by atoms with Gasteiger partial charge < -0.3 is 10.6 Å². The van der Waals surface area contributed by atoms with E-state index in [4.69, 9.17) is 11.6 Å². The number of benzene rings is 1. The summed E-state index contributed by atoms with van der Waals surface area (Å²) in [5, 5.41) is 13.0. The number of anilines is 1. The number of carbonyl (C=O) groups excluding carboxylic acids is 1. The van der Waals surface area contributed by atoms with Crippen LogP contribution in [0.4, 0.5) is 10.5 Å². The van der Waals surface area contributed by atoms with Crippen LogP contribution in [0.25, 0.3) is 0 Å². The van der Waals surface area contributed by atoms with Crippen LogP contribution in [0.5, 0.6) is 0 Å². The number of hydrogen-bond acceptors (Lipinski definition) is 2. The average molecular weight is 279 g/mol. The van der Waals surface area contributed by atoms with Gasteiger partial charge in [0.25, 0.3) is 0 Å². The highest BCUT2D eigenvalue weighted by Gasteiger charge is 2.08. The van der Waals surface area contributed by atoms with E-state index in [9.17, 15) is 4.79 Å². The minimum atomic E-state index is -0.276. The van der Waals surface area contributed by atoms with Gasteiger partial charge in [-0.05, 0) is 32.0 Å². The van der Waals surface area contributed by atoms with Crippen molar-refractivity contribution in [3.8, 4) is 0 Å². The van der Waals surface area contributed by atoms with E-state index in [-0.39, 0.29) is 6.03 Å². The number of aromatic amines is 1. The van der Waals surface area contributed by atoms with E-state index >= 15 is 0 Å². The Labute approximate surface area is 116 Å². The fraction of sp³-hybridized carbons (Fsp3) is 0.231. The molecule has 0 fully saturated rings. The SMILES string of the molecule is Cc1n[nH]c(C)c1CNC(=O)Nc1cccc(Cl)c1. The monoisotopic (exact) mass is 278 g/mol. The molecule has 2 rings (SSSR count). The number of H-pyrrole nitrogens is 1. The Morgan fingerprint density at radius 2 is 2.21 bits per heavy atom. The number of urea groups is 1. The summed E-state index contributed by atoms with van der Waals surface area (Å²) in [6.45, 7) is 4.25. The number of rotatable bonds is 3. The third-order valence-corrected chi connectivity index (χ3v) is 3.02. The Balaban J connectivity index is 1.92. The molecule has 1 heterocycles. The minimum Gasteiger partial charge on any atom is -0.334 e. The zero-order chi connectivity index (χ0) is 13.8. The summed E-state index contributed by atoms with van der Waals surface area (Å²) < 4.78 is 0. The van der Waals surface area contributed by atoms with Gasteiger partial charge in [0.05, 0.1) is 5.69 Å². The number of nitrogens with zero attached hydrogens (tertiary/aromatic N) is 1. The maximum absolute atomic E-state index is 11.7. The summed E-state index contributed by atoms with van der Waals surface area (Å²) >= 11 is 5.84. The lowest BCUT2D eigenvalue weighted by molar-refractivity contribution is 0.251. The number of aryl methyl sites for hydroxylation is 2. The number of amides is 2. The third kappa shape index (κ3) is 3.48. The summed E-state index contributed by atoms with van der Waals surface area (Å²) in [5.41, 5.74) is 3.51. The Morgan fingerprint density at radius 3 is 2.84 bits per heavy atom. The molecule has 3 N–H and O–H groups in total. The maximum atomic E-state index is 11.7. The Hall–Kier alpha value is -2.01. The third-order valence-electron chi connectivity index (χ3n) is 2.79. The lowest BCUT2D eigenvalue weighted by Crippen LogP contribution is -2.28. The molecule has 19 heavy (non-hydrogen) atoms. The van der Waals surface area contributed by atoms with Gasteiger partial charge in [0.2, 0.25) is 0 Å². The molecule has 5 nitrogen and oxygen atoms in total. The fourth-order valence-corrected chi connectivity index (χ4v) is 1.93. The van der Waals surface area contributed by atoms with Gasteiger partial charge in [-0.15, -0.1) is 0 Å². The van der Waals surface area contributed by atoms with Crippen molar-refractivity contribution in [1.82, 2.24) is 15.5 Å². The molecule has 0 radical (unpaired) electrons. The molecular weight excluding hydrogens is 264 g/mol. The summed E-state index contributed by atoms with van der Waals surface area (Å²) in [5.74, 6) is 0. The van der Waals surface area contributed by atoms with E-state index in [0.717, 1.165) is 17.0 Å². The molecule has 0 saturated carbocycles. The molecule has 0 aliphatic heterocycles. The number of halogens is 1. The fourth-order valence-electron chi connectivity index (χ4n) is 1.74. The molecule has 0 bridgehead atoms.